The van der Waals surface area contributed by atoms with Gasteiger partial charge in [-0.1, -0.05) is 30.3 Å². The molecular formula is C24H27NO3. The Kier molecular flexibility index (Phi) is 4.59. The number of likely N-dealkylation sites (tertiary alicyclic amines) is 1. The van der Waals surface area contributed by atoms with Crippen molar-refractivity contribution in [3.05, 3.63) is 65.2 Å². The van der Waals surface area contributed by atoms with E-state index in [1.54, 1.807) is 7.11 Å². The molecule has 4 heteroatoms. The SMILES string of the molecule is COc1cccc(CCc2ccccc2C(=O)N2C[C@@H]3[C@H](C2)[C@H]2CC[C@@H]3O2)c1. The van der Waals surface area contributed by atoms with Gasteiger partial charge in [0.1, 0.15) is 5.75 Å². The summed E-state index contributed by atoms with van der Waals surface area (Å²) in [6.07, 6.45) is 4.86. The molecule has 4 nitrogen and oxygen atoms in total. The number of methoxy groups -OCH3 is 1. The van der Waals surface area contributed by atoms with Gasteiger partial charge in [0.2, 0.25) is 0 Å². The molecule has 3 aliphatic heterocycles. The molecule has 146 valence electrons. The molecule has 0 aromatic heterocycles. The van der Waals surface area contributed by atoms with Crippen molar-refractivity contribution in [2.75, 3.05) is 20.2 Å². The van der Waals surface area contributed by atoms with E-state index in [0.717, 1.165) is 42.8 Å². The van der Waals surface area contributed by atoms with E-state index in [9.17, 15) is 4.79 Å². The van der Waals surface area contributed by atoms with Gasteiger partial charge in [-0.05, 0) is 55.0 Å². The summed E-state index contributed by atoms with van der Waals surface area (Å²) in [5.74, 6) is 2.16. The highest BCUT2D eigenvalue weighted by molar-refractivity contribution is 5.96. The summed E-state index contributed by atoms with van der Waals surface area (Å²) >= 11 is 0. The number of aryl methyl sites for hydroxylation is 2. The zero-order valence-corrected chi connectivity index (χ0v) is 16.3. The first kappa shape index (κ1) is 17.7. The first-order valence-electron chi connectivity index (χ1n) is 10.4. The van der Waals surface area contributed by atoms with Crippen molar-refractivity contribution in [1.29, 1.82) is 0 Å². The van der Waals surface area contributed by atoms with E-state index in [1.807, 2.05) is 30.3 Å². The van der Waals surface area contributed by atoms with Crippen molar-refractivity contribution in [3.63, 3.8) is 0 Å². The lowest BCUT2D eigenvalue weighted by molar-refractivity contribution is 0.0593. The highest BCUT2D eigenvalue weighted by atomic mass is 16.5. The summed E-state index contributed by atoms with van der Waals surface area (Å²) < 4.78 is 11.4. The predicted octanol–water partition coefficient (Wildman–Crippen LogP) is 3.73. The van der Waals surface area contributed by atoms with Crippen LogP contribution in [0.5, 0.6) is 5.75 Å². The summed E-state index contributed by atoms with van der Waals surface area (Å²) in [6, 6.07) is 16.3. The Bertz CT molecular complexity index is 862. The van der Waals surface area contributed by atoms with Crippen molar-refractivity contribution in [2.45, 2.75) is 37.9 Å². The highest BCUT2D eigenvalue weighted by Crippen LogP contribution is 2.47. The monoisotopic (exact) mass is 377 g/mol. The lowest BCUT2D eigenvalue weighted by Gasteiger charge is -2.20. The van der Waals surface area contributed by atoms with Gasteiger partial charge < -0.3 is 14.4 Å². The van der Waals surface area contributed by atoms with Gasteiger partial charge in [0, 0.05) is 30.5 Å². The normalized spacial score (nSPS) is 27.8. The summed E-state index contributed by atoms with van der Waals surface area (Å²) in [4.78, 5) is 15.4. The summed E-state index contributed by atoms with van der Waals surface area (Å²) in [6.45, 7) is 1.71. The van der Waals surface area contributed by atoms with E-state index in [2.05, 4.69) is 23.1 Å². The van der Waals surface area contributed by atoms with Crippen LogP contribution in [0.2, 0.25) is 0 Å². The molecule has 2 bridgehead atoms. The minimum Gasteiger partial charge on any atom is -0.497 e. The largest absolute Gasteiger partial charge is 0.497 e. The van der Waals surface area contributed by atoms with Crippen LogP contribution in [0.4, 0.5) is 0 Å². The maximum Gasteiger partial charge on any atom is 0.254 e. The quantitative estimate of drug-likeness (QED) is 0.797. The van der Waals surface area contributed by atoms with Crippen LogP contribution < -0.4 is 4.74 Å². The van der Waals surface area contributed by atoms with Gasteiger partial charge in [-0.3, -0.25) is 4.79 Å². The van der Waals surface area contributed by atoms with Crippen LogP contribution >= 0.6 is 0 Å². The number of carbonyl (C=O) groups is 1. The van der Waals surface area contributed by atoms with E-state index in [4.69, 9.17) is 9.47 Å². The van der Waals surface area contributed by atoms with Gasteiger partial charge in [0.05, 0.1) is 19.3 Å². The molecule has 3 heterocycles. The third kappa shape index (κ3) is 3.10. The number of benzene rings is 2. The third-order valence-corrected chi connectivity index (χ3v) is 6.80. The zero-order valence-electron chi connectivity index (χ0n) is 16.3. The lowest BCUT2D eigenvalue weighted by atomic mass is 9.82. The minimum atomic E-state index is 0.190. The number of hydrogen-bond acceptors (Lipinski definition) is 3. The van der Waals surface area contributed by atoms with Crippen molar-refractivity contribution >= 4 is 5.91 Å². The molecule has 0 unspecified atom stereocenters. The second-order valence-corrected chi connectivity index (χ2v) is 8.34. The van der Waals surface area contributed by atoms with Crippen LogP contribution in [0.25, 0.3) is 0 Å². The molecule has 3 aliphatic rings. The van der Waals surface area contributed by atoms with Gasteiger partial charge in [-0.25, -0.2) is 0 Å². The smallest absolute Gasteiger partial charge is 0.254 e. The van der Waals surface area contributed by atoms with Crippen molar-refractivity contribution in [2.24, 2.45) is 11.8 Å². The average molecular weight is 377 g/mol. The molecule has 1 amide bonds. The first-order valence-corrected chi connectivity index (χ1v) is 10.4. The number of fused-ring (bicyclic) bond motifs is 5. The maximum atomic E-state index is 13.3. The van der Waals surface area contributed by atoms with Gasteiger partial charge >= 0.3 is 0 Å². The van der Waals surface area contributed by atoms with E-state index >= 15 is 0 Å². The van der Waals surface area contributed by atoms with Gasteiger partial charge in [0.15, 0.2) is 0 Å². The number of nitrogens with zero attached hydrogens (tertiary/aromatic N) is 1. The standard InChI is InChI=1S/C24H27NO3/c1-27-18-7-4-5-16(13-18)9-10-17-6-2-3-8-19(17)24(26)25-14-20-21(15-25)23-12-11-22(20)28-23/h2-8,13,20-23H,9-12,14-15H2,1H3/t20-,21+,22+,23-. The molecule has 4 atom stereocenters. The van der Waals surface area contributed by atoms with E-state index in [1.165, 1.54) is 18.4 Å². The van der Waals surface area contributed by atoms with Crippen LogP contribution in [-0.2, 0) is 17.6 Å². The molecule has 0 aliphatic carbocycles. The Hall–Kier alpha value is -2.33. The number of hydrogen-bond donors (Lipinski definition) is 0. The topological polar surface area (TPSA) is 38.8 Å². The minimum absolute atomic E-state index is 0.190. The van der Waals surface area contributed by atoms with Crippen LogP contribution in [-0.4, -0.2) is 43.2 Å². The molecule has 2 aromatic carbocycles. The average Bonchev–Trinajstić information content (AvgIpc) is 3.45. The summed E-state index contributed by atoms with van der Waals surface area (Å²) in [5, 5.41) is 0. The molecule has 0 radical (unpaired) electrons. The molecule has 0 saturated carbocycles. The lowest BCUT2D eigenvalue weighted by Crippen LogP contribution is -2.32. The fraction of sp³-hybridized carbons (Fsp3) is 0.458. The summed E-state index contributed by atoms with van der Waals surface area (Å²) in [7, 11) is 1.69. The second kappa shape index (κ2) is 7.25. The Labute approximate surface area is 166 Å². The van der Waals surface area contributed by atoms with Crippen LogP contribution in [0.15, 0.2) is 48.5 Å². The number of amides is 1. The Morgan fingerprint density at radius 3 is 2.54 bits per heavy atom. The van der Waals surface area contributed by atoms with Gasteiger partial charge in [-0.2, -0.15) is 0 Å². The first-order chi connectivity index (χ1) is 13.7. The van der Waals surface area contributed by atoms with Gasteiger partial charge in [-0.15, -0.1) is 0 Å². The van der Waals surface area contributed by atoms with Crippen LogP contribution in [0.1, 0.15) is 34.3 Å². The predicted molar refractivity (Wildman–Crippen MR) is 108 cm³/mol. The summed E-state index contributed by atoms with van der Waals surface area (Å²) in [5.41, 5.74) is 3.22. The molecule has 0 N–H and O–H groups in total. The Morgan fingerprint density at radius 1 is 1.04 bits per heavy atom. The highest BCUT2D eigenvalue weighted by Gasteiger charge is 2.53. The molecule has 0 spiro atoms. The number of rotatable bonds is 5. The van der Waals surface area contributed by atoms with E-state index in [-0.39, 0.29) is 5.91 Å². The molecule has 3 saturated heterocycles. The van der Waals surface area contributed by atoms with Crippen molar-refractivity contribution in [1.82, 2.24) is 4.90 Å². The second-order valence-electron chi connectivity index (χ2n) is 8.34. The molecule has 2 aromatic rings. The fourth-order valence-electron chi connectivity index (χ4n) is 5.35. The number of carbonyl (C=O) groups excluding carboxylic acids is 1. The fourth-order valence-corrected chi connectivity index (χ4v) is 5.35. The Balaban J connectivity index is 1.30. The van der Waals surface area contributed by atoms with E-state index < -0.39 is 0 Å². The molecular weight excluding hydrogens is 350 g/mol. The van der Waals surface area contributed by atoms with Crippen LogP contribution in [0.3, 0.4) is 0 Å². The van der Waals surface area contributed by atoms with Crippen molar-refractivity contribution in [3.8, 4) is 5.75 Å². The zero-order chi connectivity index (χ0) is 19.1. The van der Waals surface area contributed by atoms with Crippen LogP contribution in [0, 0.1) is 11.8 Å². The van der Waals surface area contributed by atoms with E-state index in [0.29, 0.717) is 24.0 Å². The molecule has 3 fully saturated rings. The van der Waals surface area contributed by atoms with Crippen molar-refractivity contribution < 1.29 is 14.3 Å². The number of ether oxygens (including phenoxy) is 2. The molecule has 5 rings (SSSR count). The third-order valence-electron chi connectivity index (χ3n) is 6.80. The Morgan fingerprint density at radius 2 is 1.79 bits per heavy atom. The maximum absolute atomic E-state index is 13.3. The molecule has 28 heavy (non-hydrogen) atoms. The van der Waals surface area contributed by atoms with Gasteiger partial charge in [0.25, 0.3) is 5.91 Å².